The highest BCUT2D eigenvalue weighted by molar-refractivity contribution is 6.42. The lowest BCUT2D eigenvalue weighted by Crippen LogP contribution is -1.99. The van der Waals surface area contributed by atoms with E-state index in [9.17, 15) is 4.79 Å². The normalized spacial score (nSPS) is 23.2. The second kappa shape index (κ2) is 4.77. The molecule has 1 saturated carbocycles. The number of halogens is 2. The van der Waals surface area contributed by atoms with E-state index in [0.717, 1.165) is 18.3 Å². The van der Waals surface area contributed by atoms with E-state index in [4.69, 9.17) is 23.2 Å². The van der Waals surface area contributed by atoms with Gasteiger partial charge in [0.2, 0.25) is 0 Å². The molecule has 0 bridgehead atoms. The minimum atomic E-state index is 0.165. The van der Waals surface area contributed by atoms with Gasteiger partial charge in [-0.1, -0.05) is 30.1 Å². The summed E-state index contributed by atoms with van der Waals surface area (Å²) in [6, 6.07) is 5.08. The summed E-state index contributed by atoms with van der Waals surface area (Å²) in [5.41, 5.74) is 0.669. The van der Waals surface area contributed by atoms with Crippen LogP contribution in [0.4, 0.5) is 0 Å². The molecule has 2 atom stereocenters. The fraction of sp³-hybridized carbons (Fsp3) is 0.462. The third kappa shape index (κ3) is 2.78. The van der Waals surface area contributed by atoms with E-state index in [-0.39, 0.29) is 5.78 Å². The molecular formula is C13H14Cl2O. The van der Waals surface area contributed by atoms with Gasteiger partial charge in [-0.15, -0.1) is 0 Å². The highest BCUT2D eigenvalue weighted by atomic mass is 35.5. The Balaban J connectivity index is 1.95. The van der Waals surface area contributed by atoms with Crippen LogP contribution in [-0.4, -0.2) is 5.78 Å². The molecule has 0 aliphatic heterocycles. The molecular weight excluding hydrogens is 243 g/mol. The summed E-state index contributed by atoms with van der Waals surface area (Å²) >= 11 is 11.7. The zero-order valence-corrected chi connectivity index (χ0v) is 10.7. The Labute approximate surface area is 106 Å². The minimum absolute atomic E-state index is 0.165. The first kappa shape index (κ1) is 11.9. The first-order valence-corrected chi connectivity index (χ1v) is 6.32. The molecule has 1 aromatic carbocycles. The van der Waals surface area contributed by atoms with Crippen LogP contribution in [0.5, 0.6) is 0 Å². The summed E-state index contributed by atoms with van der Waals surface area (Å²) < 4.78 is 0. The number of Topliss-reactive ketones (excluding diaryl/α,β-unsaturated/α-hetero) is 1. The third-order valence-corrected chi connectivity index (χ3v) is 4.00. The number of hydrogen-bond acceptors (Lipinski definition) is 1. The van der Waals surface area contributed by atoms with Gasteiger partial charge >= 0.3 is 0 Å². The summed E-state index contributed by atoms with van der Waals surface area (Å²) in [4.78, 5) is 11.8. The fourth-order valence-electron chi connectivity index (χ4n) is 1.93. The van der Waals surface area contributed by atoms with Crippen molar-refractivity contribution in [3.05, 3.63) is 33.8 Å². The van der Waals surface area contributed by atoms with Gasteiger partial charge in [0.15, 0.2) is 5.78 Å². The smallest absolute Gasteiger partial charge is 0.162 e. The van der Waals surface area contributed by atoms with Crippen molar-refractivity contribution in [3.8, 4) is 0 Å². The van der Waals surface area contributed by atoms with E-state index in [1.807, 2.05) is 0 Å². The molecule has 0 saturated heterocycles. The van der Waals surface area contributed by atoms with E-state index in [2.05, 4.69) is 6.92 Å². The van der Waals surface area contributed by atoms with Crippen LogP contribution in [0.15, 0.2) is 18.2 Å². The maximum absolute atomic E-state index is 11.8. The first-order chi connectivity index (χ1) is 7.58. The van der Waals surface area contributed by atoms with Crippen LogP contribution in [0.1, 0.15) is 36.5 Å². The second-order valence-corrected chi connectivity index (χ2v) is 5.38. The lowest BCUT2D eigenvalue weighted by atomic mass is 10.0. The van der Waals surface area contributed by atoms with Crippen molar-refractivity contribution in [2.75, 3.05) is 0 Å². The van der Waals surface area contributed by atoms with E-state index >= 15 is 0 Å². The van der Waals surface area contributed by atoms with Crippen LogP contribution in [-0.2, 0) is 0 Å². The number of hydrogen-bond donors (Lipinski definition) is 0. The number of carbonyl (C=O) groups is 1. The molecule has 1 unspecified atom stereocenters. The van der Waals surface area contributed by atoms with Gasteiger partial charge in [-0.3, -0.25) is 4.79 Å². The molecule has 3 heteroatoms. The Morgan fingerprint density at radius 1 is 1.38 bits per heavy atom. The Morgan fingerprint density at radius 3 is 2.62 bits per heavy atom. The monoisotopic (exact) mass is 256 g/mol. The zero-order chi connectivity index (χ0) is 11.7. The number of benzene rings is 1. The average Bonchev–Trinajstić information content (AvgIpc) is 2.95. The lowest BCUT2D eigenvalue weighted by molar-refractivity contribution is 0.0977. The quantitative estimate of drug-likeness (QED) is 0.719. The van der Waals surface area contributed by atoms with Gasteiger partial charge in [-0.05, 0) is 42.9 Å². The number of rotatable bonds is 4. The van der Waals surface area contributed by atoms with Crippen molar-refractivity contribution in [2.45, 2.75) is 26.2 Å². The summed E-state index contributed by atoms with van der Waals surface area (Å²) in [5, 5.41) is 0.946. The van der Waals surface area contributed by atoms with E-state index in [0.29, 0.717) is 22.0 Å². The van der Waals surface area contributed by atoms with Gasteiger partial charge in [-0.25, -0.2) is 0 Å². The predicted molar refractivity (Wildman–Crippen MR) is 67.3 cm³/mol. The van der Waals surface area contributed by atoms with Crippen molar-refractivity contribution >= 4 is 29.0 Å². The third-order valence-electron chi connectivity index (χ3n) is 3.26. The highest BCUT2D eigenvalue weighted by Gasteiger charge is 2.32. The van der Waals surface area contributed by atoms with Crippen molar-refractivity contribution in [2.24, 2.45) is 11.8 Å². The highest BCUT2D eigenvalue weighted by Crippen LogP contribution is 2.41. The Hall–Kier alpha value is -0.530. The van der Waals surface area contributed by atoms with E-state index in [1.165, 1.54) is 6.42 Å². The Morgan fingerprint density at radius 2 is 2.06 bits per heavy atom. The summed E-state index contributed by atoms with van der Waals surface area (Å²) in [6.07, 6.45) is 2.89. The average molecular weight is 257 g/mol. The zero-order valence-electron chi connectivity index (χ0n) is 9.17. The van der Waals surface area contributed by atoms with Crippen LogP contribution in [0, 0.1) is 11.8 Å². The molecule has 16 heavy (non-hydrogen) atoms. The van der Waals surface area contributed by atoms with Gasteiger partial charge in [0.25, 0.3) is 0 Å². The van der Waals surface area contributed by atoms with Crippen LogP contribution in [0.2, 0.25) is 10.0 Å². The fourth-order valence-corrected chi connectivity index (χ4v) is 2.23. The van der Waals surface area contributed by atoms with Crippen LogP contribution in [0.3, 0.4) is 0 Å². The molecule has 0 radical (unpaired) electrons. The minimum Gasteiger partial charge on any atom is -0.294 e. The van der Waals surface area contributed by atoms with Crippen molar-refractivity contribution < 1.29 is 4.79 Å². The largest absolute Gasteiger partial charge is 0.294 e. The summed E-state index contributed by atoms with van der Waals surface area (Å²) in [7, 11) is 0. The van der Waals surface area contributed by atoms with Gasteiger partial charge in [-0.2, -0.15) is 0 Å². The van der Waals surface area contributed by atoms with Crippen LogP contribution < -0.4 is 0 Å². The molecule has 2 rings (SSSR count). The van der Waals surface area contributed by atoms with Crippen LogP contribution in [0.25, 0.3) is 0 Å². The predicted octanol–water partition coefficient (Wildman–Crippen LogP) is 4.61. The molecule has 0 spiro atoms. The summed E-state index contributed by atoms with van der Waals surface area (Å²) in [6.45, 7) is 2.23. The molecule has 1 nitrogen and oxygen atoms in total. The van der Waals surface area contributed by atoms with Crippen molar-refractivity contribution in [1.82, 2.24) is 0 Å². The van der Waals surface area contributed by atoms with Crippen LogP contribution >= 0.6 is 23.2 Å². The van der Waals surface area contributed by atoms with E-state index in [1.54, 1.807) is 18.2 Å². The van der Waals surface area contributed by atoms with Gasteiger partial charge in [0, 0.05) is 12.0 Å². The van der Waals surface area contributed by atoms with Crippen molar-refractivity contribution in [1.29, 1.82) is 0 Å². The SMILES string of the molecule is C[C@H]1CC1CCC(=O)c1ccc(Cl)c(Cl)c1. The van der Waals surface area contributed by atoms with Crippen molar-refractivity contribution in [3.63, 3.8) is 0 Å². The maximum Gasteiger partial charge on any atom is 0.162 e. The van der Waals surface area contributed by atoms with Gasteiger partial charge in [0.1, 0.15) is 0 Å². The number of ketones is 1. The molecule has 1 fully saturated rings. The topological polar surface area (TPSA) is 17.1 Å². The van der Waals surface area contributed by atoms with E-state index < -0.39 is 0 Å². The molecule has 0 N–H and O–H groups in total. The first-order valence-electron chi connectivity index (χ1n) is 5.56. The molecule has 0 heterocycles. The second-order valence-electron chi connectivity index (χ2n) is 4.56. The molecule has 86 valence electrons. The number of carbonyl (C=O) groups excluding carboxylic acids is 1. The van der Waals surface area contributed by atoms with Gasteiger partial charge < -0.3 is 0 Å². The Bertz CT molecular complexity index is 414. The molecule has 1 aliphatic rings. The molecule has 1 aliphatic carbocycles. The molecule has 0 aromatic heterocycles. The van der Waals surface area contributed by atoms with Gasteiger partial charge in [0.05, 0.1) is 10.0 Å². The summed E-state index contributed by atoms with van der Waals surface area (Å²) in [5.74, 6) is 1.73. The molecule has 1 aromatic rings. The standard InChI is InChI=1S/C13H14Cl2O/c1-8-6-9(8)3-5-13(16)10-2-4-11(14)12(15)7-10/h2,4,7-9H,3,5-6H2,1H3/t8-,9?/m0/s1. The maximum atomic E-state index is 11.8. The lowest BCUT2D eigenvalue weighted by Gasteiger charge is -2.02. The Kier molecular flexibility index (Phi) is 3.56. The molecule has 0 amide bonds.